The van der Waals surface area contributed by atoms with Gasteiger partial charge in [-0.15, -0.1) is 0 Å². The van der Waals surface area contributed by atoms with E-state index in [1.165, 1.54) is 5.57 Å². The van der Waals surface area contributed by atoms with Crippen LogP contribution >= 0.6 is 0 Å². The Morgan fingerprint density at radius 2 is 2.00 bits per heavy atom. The fourth-order valence-electron chi connectivity index (χ4n) is 6.97. The Labute approximate surface area is 155 Å². The topological polar surface area (TPSA) is 43.4 Å². The zero-order chi connectivity index (χ0) is 18.7. The molecule has 3 saturated carbocycles. The third kappa shape index (κ3) is 2.51. The number of rotatable bonds is 2. The number of halogens is 1. The summed E-state index contributed by atoms with van der Waals surface area (Å²) in [5.74, 6) is 1.13. The van der Waals surface area contributed by atoms with Crippen LogP contribution in [0.15, 0.2) is 11.6 Å². The van der Waals surface area contributed by atoms with Crippen molar-refractivity contribution in [1.29, 1.82) is 0 Å². The van der Waals surface area contributed by atoms with Gasteiger partial charge in [0.25, 0.3) is 0 Å². The van der Waals surface area contributed by atoms with Crippen LogP contribution in [0.3, 0.4) is 0 Å². The Hall–Kier alpha value is -1.19. The van der Waals surface area contributed by atoms with Gasteiger partial charge in [-0.1, -0.05) is 26.3 Å². The van der Waals surface area contributed by atoms with Crippen LogP contribution in [-0.4, -0.2) is 24.0 Å². The molecule has 0 heterocycles. The van der Waals surface area contributed by atoms with E-state index in [9.17, 15) is 14.0 Å². The lowest BCUT2D eigenvalue weighted by Crippen LogP contribution is -2.52. The van der Waals surface area contributed by atoms with Crippen LogP contribution in [0.25, 0.3) is 0 Å². The van der Waals surface area contributed by atoms with Crippen molar-refractivity contribution in [2.24, 2.45) is 28.6 Å². The molecule has 3 nitrogen and oxygen atoms in total. The van der Waals surface area contributed by atoms with Crippen molar-refractivity contribution in [2.75, 3.05) is 0 Å². The zero-order valence-electron chi connectivity index (χ0n) is 16.2. The van der Waals surface area contributed by atoms with Crippen LogP contribution in [0, 0.1) is 28.6 Å². The third-order valence-corrected chi connectivity index (χ3v) is 8.44. The molecule has 0 saturated heterocycles. The van der Waals surface area contributed by atoms with Gasteiger partial charge >= 0.3 is 5.97 Å². The predicted molar refractivity (Wildman–Crippen MR) is 97.2 cm³/mol. The maximum atomic E-state index is 14.3. The Kier molecular flexibility index (Phi) is 4.32. The molecule has 0 aliphatic heterocycles. The van der Waals surface area contributed by atoms with Crippen LogP contribution in [0.4, 0.5) is 4.39 Å². The first-order valence-electron chi connectivity index (χ1n) is 10.4. The van der Waals surface area contributed by atoms with Crippen molar-refractivity contribution < 1.29 is 18.7 Å². The molecule has 3 fully saturated rings. The maximum absolute atomic E-state index is 14.3. The second-order valence-corrected chi connectivity index (χ2v) is 9.53. The minimum absolute atomic E-state index is 0.0347. The van der Waals surface area contributed by atoms with Crippen molar-refractivity contribution in [3.05, 3.63) is 11.6 Å². The lowest BCUT2D eigenvalue weighted by atomic mass is 9.47. The van der Waals surface area contributed by atoms with Crippen molar-refractivity contribution in [2.45, 2.75) is 84.4 Å². The maximum Gasteiger partial charge on any atom is 0.305 e. The normalized spacial score (nSPS) is 47.5. The van der Waals surface area contributed by atoms with Gasteiger partial charge in [0, 0.05) is 11.8 Å². The number of hydrogen-bond donors (Lipinski definition) is 0. The first kappa shape index (κ1) is 18.2. The summed E-state index contributed by atoms with van der Waals surface area (Å²) in [5.41, 5.74) is 1.08. The molecule has 0 aromatic heterocycles. The summed E-state index contributed by atoms with van der Waals surface area (Å²) in [7, 11) is 0. The molecule has 26 heavy (non-hydrogen) atoms. The summed E-state index contributed by atoms with van der Waals surface area (Å²) in [6.07, 6.45) is 7.27. The van der Waals surface area contributed by atoms with E-state index in [-0.39, 0.29) is 28.7 Å². The number of hydrogen-bond acceptors (Lipinski definition) is 3. The molecule has 0 bridgehead atoms. The number of fused-ring (bicyclic) bond motifs is 5. The molecule has 144 valence electrons. The fourth-order valence-corrected chi connectivity index (χ4v) is 6.97. The predicted octanol–water partition coefficient (Wildman–Crippen LogP) is 4.79. The monoisotopic (exact) mass is 362 g/mol. The van der Waals surface area contributed by atoms with Gasteiger partial charge < -0.3 is 4.74 Å². The third-order valence-electron chi connectivity index (χ3n) is 8.44. The second-order valence-electron chi connectivity index (χ2n) is 9.53. The van der Waals surface area contributed by atoms with E-state index in [1.54, 1.807) is 6.08 Å². The number of alkyl halides is 1. The van der Waals surface area contributed by atoms with Crippen LogP contribution in [0.1, 0.15) is 72.1 Å². The fraction of sp³-hybridized carbons (Fsp3) is 0.818. The molecule has 0 amide bonds. The van der Waals surface area contributed by atoms with Gasteiger partial charge in [-0.25, -0.2) is 4.39 Å². The van der Waals surface area contributed by atoms with E-state index in [2.05, 4.69) is 13.8 Å². The van der Waals surface area contributed by atoms with Gasteiger partial charge in [-0.3, -0.25) is 9.59 Å². The smallest absolute Gasteiger partial charge is 0.305 e. The highest BCUT2D eigenvalue weighted by Gasteiger charge is 2.60. The molecular formula is C22H31FO3. The van der Waals surface area contributed by atoms with E-state index in [0.717, 1.165) is 38.5 Å². The minimum atomic E-state index is -1.34. The van der Waals surface area contributed by atoms with Gasteiger partial charge in [0.1, 0.15) is 6.10 Å². The summed E-state index contributed by atoms with van der Waals surface area (Å²) in [6, 6.07) is 0. The Morgan fingerprint density at radius 3 is 2.73 bits per heavy atom. The average Bonchev–Trinajstić information content (AvgIpc) is 2.93. The first-order chi connectivity index (χ1) is 12.3. The molecule has 0 spiro atoms. The van der Waals surface area contributed by atoms with E-state index in [1.807, 2.05) is 6.92 Å². The number of ether oxygens (including phenoxy) is 1. The van der Waals surface area contributed by atoms with Gasteiger partial charge in [-0.2, -0.15) is 0 Å². The minimum Gasteiger partial charge on any atom is -0.462 e. The Morgan fingerprint density at radius 1 is 1.23 bits per heavy atom. The lowest BCUT2D eigenvalue weighted by Gasteiger charge is -2.58. The summed E-state index contributed by atoms with van der Waals surface area (Å²) in [6.45, 7) is 6.35. The molecule has 0 aromatic carbocycles. The van der Waals surface area contributed by atoms with Gasteiger partial charge in [0.2, 0.25) is 0 Å². The van der Waals surface area contributed by atoms with Gasteiger partial charge in [-0.05, 0) is 74.2 Å². The highest BCUT2D eigenvalue weighted by molar-refractivity contribution is 5.95. The van der Waals surface area contributed by atoms with Crippen molar-refractivity contribution in [1.82, 2.24) is 0 Å². The lowest BCUT2D eigenvalue weighted by molar-refractivity contribution is -0.159. The SMILES string of the molecule is CCC(=O)O[C@@H]1CC[C@@H]2[C@@H]3CCC4=CC(=O)[C@H](F)C[C@]4(C)[C@@H]3CC[C@@]21C. The zero-order valence-corrected chi connectivity index (χ0v) is 16.2. The van der Waals surface area contributed by atoms with Crippen LogP contribution in [0.5, 0.6) is 0 Å². The van der Waals surface area contributed by atoms with Crippen molar-refractivity contribution in [3.63, 3.8) is 0 Å². The number of carbonyl (C=O) groups is 2. The second kappa shape index (κ2) is 6.17. The molecule has 4 aliphatic rings. The molecule has 0 unspecified atom stereocenters. The molecule has 7 atom stereocenters. The molecule has 0 radical (unpaired) electrons. The van der Waals surface area contributed by atoms with Crippen LogP contribution in [-0.2, 0) is 14.3 Å². The van der Waals surface area contributed by atoms with Crippen LogP contribution in [0.2, 0.25) is 0 Å². The largest absolute Gasteiger partial charge is 0.462 e. The number of allylic oxidation sites excluding steroid dienone is 1. The van der Waals surface area contributed by atoms with Crippen molar-refractivity contribution in [3.8, 4) is 0 Å². The van der Waals surface area contributed by atoms with Crippen molar-refractivity contribution >= 4 is 11.8 Å². The summed E-state index contributed by atoms with van der Waals surface area (Å²) >= 11 is 0. The van der Waals surface area contributed by atoms with E-state index in [0.29, 0.717) is 30.6 Å². The first-order valence-corrected chi connectivity index (χ1v) is 10.4. The standard InChI is InChI=1S/C22H31FO3/c1-4-20(25)26-19-8-7-15-14-6-5-13-11-18(24)17(23)12-22(13,3)16(14)9-10-21(15,19)2/h11,14-17,19H,4-10,12H2,1-3H3/t14-,15+,16+,17+,19+,21-,22-/m0/s1. The van der Waals surface area contributed by atoms with Gasteiger partial charge in [0.15, 0.2) is 12.0 Å². The van der Waals surface area contributed by atoms with E-state index in [4.69, 9.17) is 4.74 Å². The summed E-state index contributed by atoms with van der Waals surface area (Å²) < 4.78 is 20.1. The Bertz CT molecular complexity index is 656. The van der Waals surface area contributed by atoms with E-state index < -0.39 is 6.17 Å². The molecule has 4 rings (SSSR count). The summed E-state index contributed by atoms with van der Waals surface area (Å²) in [4.78, 5) is 23.7. The molecular weight excluding hydrogens is 331 g/mol. The molecule has 0 N–H and O–H groups in total. The summed E-state index contributed by atoms with van der Waals surface area (Å²) in [5, 5.41) is 0. The van der Waals surface area contributed by atoms with Crippen LogP contribution < -0.4 is 0 Å². The van der Waals surface area contributed by atoms with Gasteiger partial charge in [0.05, 0.1) is 0 Å². The number of carbonyl (C=O) groups excluding carboxylic acids is 2. The average molecular weight is 362 g/mol. The number of esters is 1. The molecule has 4 heteroatoms. The molecule has 4 aliphatic carbocycles. The number of ketones is 1. The van der Waals surface area contributed by atoms with E-state index >= 15 is 0 Å². The highest BCUT2D eigenvalue weighted by Crippen LogP contribution is 2.65. The quantitative estimate of drug-likeness (QED) is 0.664. The Balaban J connectivity index is 1.60. The highest BCUT2D eigenvalue weighted by atomic mass is 19.1. The molecule has 0 aromatic rings.